The molecular formula is C26H29N3O2. The van der Waals surface area contributed by atoms with Crippen LogP contribution in [0.25, 0.3) is 11.1 Å². The van der Waals surface area contributed by atoms with Gasteiger partial charge in [0, 0.05) is 19.1 Å². The molecule has 0 aliphatic carbocycles. The van der Waals surface area contributed by atoms with Gasteiger partial charge in [0.1, 0.15) is 0 Å². The second kappa shape index (κ2) is 10.2. The molecule has 1 aliphatic heterocycles. The Labute approximate surface area is 184 Å². The van der Waals surface area contributed by atoms with Crippen LogP contribution in [0.3, 0.4) is 0 Å². The maximum Gasteiger partial charge on any atom is 0.238 e. The van der Waals surface area contributed by atoms with Gasteiger partial charge in [0.25, 0.3) is 0 Å². The minimum absolute atomic E-state index is 0.0477. The first-order valence-electron chi connectivity index (χ1n) is 10.8. The molecule has 5 heteroatoms. The minimum atomic E-state index is -0.0477. The molecule has 1 atom stereocenters. The summed E-state index contributed by atoms with van der Waals surface area (Å²) in [6.07, 6.45) is 0. The van der Waals surface area contributed by atoms with Crippen LogP contribution in [0.2, 0.25) is 0 Å². The van der Waals surface area contributed by atoms with E-state index in [1.54, 1.807) is 0 Å². The van der Waals surface area contributed by atoms with Gasteiger partial charge in [-0.25, -0.2) is 0 Å². The fourth-order valence-electron chi connectivity index (χ4n) is 3.81. The van der Waals surface area contributed by atoms with E-state index in [1.165, 1.54) is 11.1 Å². The molecule has 0 radical (unpaired) electrons. The number of hydrogen-bond acceptors (Lipinski definition) is 4. The zero-order chi connectivity index (χ0) is 21.5. The lowest BCUT2D eigenvalue weighted by molar-refractivity contribution is -0.115. The number of hydrogen-bond donors (Lipinski definition) is 2. The van der Waals surface area contributed by atoms with Crippen LogP contribution in [0.15, 0.2) is 78.9 Å². The molecule has 3 aromatic carbocycles. The van der Waals surface area contributed by atoms with E-state index in [0.717, 1.165) is 30.0 Å². The lowest BCUT2D eigenvalue weighted by Crippen LogP contribution is -2.37. The van der Waals surface area contributed by atoms with E-state index >= 15 is 0 Å². The molecule has 5 nitrogen and oxygen atoms in total. The van der Waals surface area contributed by atoms with Gasteiger partial charge in [-0.1, -0.05) is 66.7 Å². The topological polar surface area (TPSA) is 53.6 Å². The highest BCUT2D eigenvalue weighted by atomic mass is 16.5. The summed E-state index contributed by atoms with van der Waals surface area (Å²) in [5.41, 5.74) is 5.43. The van der Waals surface area contributed by atoms with E-state index in [2.05, 4.69) is 58.9 Å². The predicted molar refractivity (Wildman–Crippen MR) is 126 cm³/mol. The molecule has 2 N–H and O–H groups in total. The third-order valence-corrected chi connectivity index (χ3v) is 5.62. The summed E-state index contributed by atoms with van der Waals surface area (Å²) >= 11 is 0. The molecule has 1 heterocycles. The number of ether oxygens (including phenoxy) is 1. The van der Waals surface area contributed by atoms with Crippen molar-refractivity contribution in [1.82, 2.24) is 5.32 Å². The number of benzene rings is 3. The third-order valence-electron chi connectivity index (χ3n) is 5.62. The molecule has 0 saturated carbocycles. The highest BCUT2D eigenvalue weighted by molar-refractivity contribution is 5.95. The first kappa shape index (κ1) is 21.1. The zero-order valence-corrected chi connectivity index (χ0v) is 17.9. The van der Waals surface area contributed by atoms with Crippen LogP contribution in [0.1, 0.15) is 18.5 Å². The van der Waals surface area contributed by atoms with Crippen LogP contribution in [-0.4, -0.2) is 38.8 Å². The van der Waals surface area contributed by atoms with Gasteiger partial charge >= 0.3 is 0 Å². The van der Waals surface area contributed by atoms with Crippen molar-refractivity contribution in [2.75, 3.05) is 43.1 Å². The van der Waals surface area contributed by atoms with Crippen LogP contribution < -0.4 is 15.5 Å². The molecular weight excluding hydrogens is 386 g/mol. The van der Waals surface area contributed by atoms with E-state index in [4.69, 9.17) is 4.74 Å². The number of carbonyl (C=O) groups excluding carboxylic acids is 1. The van der Waals surface area contributed by atoms with Gasteiger partial charge in [-0.15, -0.1) is 0 Å². The minimum Gasteiger partial charge on any atom is -0.378 e. The first-order valence-corrected chi connectivity index (χ1v) is 10.8. The number of carbonyl (C=O) groups is 1. The number of morpholine rings is 1. The molecule has 1 amide bonds. The van der Waals surface area contributed by atoms with Crippen molar-refractivity contribution < 1.29 is 9.53 Å². The van der Waals surface area contributed by atoms with Crippen molar-refractivity contribution in [3.63, 3.8) is 0 Å². The normalized spacial score (nSPS) is 14.8. The number of rotatable bonds is 7. The summed E-state index contributed by atoms with van der Waals surface area (Å²) in [6.45, 7) is 5.42. The second-order valence-corrected chi connectivity index (χ2v) is 7.76. The number of amides is 1. The van der Waals surface area contributed by atoms with Crippen molar-refractivity contribution in [2.45, 2.75) is 13.0 Å². The van der Waals surface area contributed by atoms with Gasteiger partial charge in [0.2, 0.25) is 5.91 Å². The summed E-state index contributed by atoms with van der Waals surface area (Å²) in [6, 6.07) is 26.8. The Balaban J connectivity index is 1.33. The maximum absolute atomic E-state index is 12.6. The number of para-hydroxylation sites is 2. The highest BCUT2D eigenvalue weighted by Gasteiger charge is 2.16. The molecule has 0 unspecified atom stereocenters. The van der Waals surface area contributed by atoms with Gasteiger partial charge < -0.3 is 20.3 Å². The molecule has 1 fully saturated rings. The van der Waals surface area contributed by atoms with Crippen molar-refractivity contribution in [2.24, 2.45) is 0 Å². The molecule has 0 spiro atoms. The standard InChI is InChI=1S/C26H29N3O2/c1-20(21-11-13-23(14-12-21)22-7-3-2-4-8-22)27-19-26(30)28-24-9-5-6-10-25(24)29-15-17-31-18-16-29/h2-14,20,27H,15-19H2,1H3,(H,28,30)/t20-/m1/s1. The van der Waals surface area contributed by atoms with Crippen molar-refractivity contribution >= 4 is 17.3 Å². The number of nitrogens with zero attached hydrogens (tertiary/aromatic N) is 1. The van der Waals surface area contributed by atoms with Crippen LogP contribution in [0.4, 0.5) is 11.4 Å². The zero-order valence-electron chi connectivity index (χ0n) is 17.9. The average Bonchev–Trinajstić information content (AvgIpc) is 2.84. The molecule has 0 bridgehead atoms. The molecule has 31 heavy (non-hydrogen) atoms. The van der Waals surface area contributed by atoms with Crippen LogP contribution in [0, 0.1) is 0 Å². The SMILES string of the molecule is C[C@@H](NCC(=O)Nc1ccccc1N1CCOCC1)c1ccc(-c2ccccc2)cc1. The summed E-state index contributed by atoms with van der Waals surface area (Å²) in [4.78, 5) is 14.9. The number of nitrogens with one attached hydrogen (secondary N) is 2. The molecule has 1 aliphatic rings. The number of anilines is 2. The lowest BCUT2D eigenvalue weighted by Gasteiger charge is -2.30. The van der Waals surface area contributed by atoms with Crippen molar-refractivity contribution in [3.05, 3.63) is 84.4 Å². The Bertz CT molecular complexity index is 983. The molecule has 160 valence electrons. The van der Waals surface area contributed by atoms with Crippen molar-refractivity contribution in [3.8, 4) is 11.1 Å². The maximum atomic E-state index is 12.6. The average molecular weight is 416 g/mol. The van der Waals surface area contributed by atoms with Crippen LogP contribution >= 0.6 is 0 Å². The highest BCUT2D eigenvalue weighted by Crippen LogP contribution is 2.26. The van der Waals surface area contributed by atoms with Crippen LogP contribution in [0.5, 0.6) is 0 Å². The summed E-state index contributed by atoms with van der Waals surface area (Å²) < 4.78 is 5.44. The largest absolute Gasteiger partial charge is 0.378 e. The summed E-state index contributed by atoms with van der Waals surface area (Å²) in [7, 11) is 0. The van der Waals surface area contributed by atoms with E-state index < -0.39 is 0 Å². The van der Waals surface area contributed by atoms with E-state index in [-0.39, 0.29) is 18.5 Å². The van der Waals surface area contributed by atoms with Crippen molar-refractivity contribution in [1.29, 1.82) is 0 Å². The predicted octanol–water partition coefficient (Wildman–Crippen LogP) is 4.48. The van der Waals surface area contributed by atoms with E-state index in [0.29, 0.717) is 13.2 Å². The molecule has 3 aromatic rings. The Morgan fingerprint density at radius 2 is 1.55 bits per heavy atom. The van der Waals surface area contributed by atoms with E-state index in [1.807, 2.05) is 42.5 Å². The summed E-state index contributed by atoms with van der Waals surface area (Å²) in [5, 5.41) is 6.39. The quantitative estimate of drug-likeness (QED) is 0.597. The molecule has 1 saturated heterocycles. The van der Waals surface area contributed by atoms with Gasteiger partial charge in [0.05, 0.1) is 31.1 Å². The summed E-state index contributed by atoms with van der Waals surface area (Å²) in [5.74, 6) is -0.0477. The Morgan fingerprint density at radius 1 is 0.903 bits per heavy atom. The molecule has 4 rings (SSSR count). The Morgan fingerprint density at radius 3 is 2.29 bits per heavy atom. The monoisotopic (exact) mass is 415 g/mol. The van der Waals surface area contributed by atoms with Gasteiger partial charge in [-0.2, -0.15) is 0 Å². The van der Waals surface area contributed by atoms with Crippen LogP contribution in [-0.2, 0) is 9.53 Å². The van der Waals surface area contributed by atoms with Gasteiger partial charge in [-0.3, -0.25) is 4.79 Å². The lowest BCUT2D eigenvalue weighted by atomic mass is 10.0. The smallest absolute Gasteiger partial charge is 0.238 e. The molecule has 0 aromatic heterocycles. The van der Waals surface area contributed by atoms with Gasteiger partial charge in [0.15, 0.2) is 0 Å². The second-order valence-electron chi connectivity index (χ2n) is 7.76. The third kappa shape index (κ3) is 5.51. The fourth-order valence-corrected chi connectivity index (χ4v) is 3.81. The first-order chi connectivity index (χ1) is 15.2. The van der Waals surface area contributed by atoms with Gasteiger partial charge in [-0.05, 0) is 35.7 Å². The van der Waals surface area contributed by atoms with E-state index in [9.17, 15) is 4.79 Å². The fraction of sp³-hybridized carbons (Fsp3) is 0.269. The Kier molecular flexibility index (Phi) is 6.97. The Hall–Kier alpha value is -3.15.